The van der Waals surface area contributed by atoms with Crippen molar-refractivity contribution in [2.24, 2.45) is 0 Å². The number of aromatic nitrogens is 1. The van der Waals surface area contributed by atoms with Gasteiger partial charge < -0.3 is 5.32 Å². The molecule has 26 heavy (non-hydrogen) atoms. The Morgan fingerprint density at radius 3 is 2.08 bits per heavy atom. The molecule has 0 atom stereocenters. The van der Waals surface area contributed by atoms with E-state index in [-0.39, 0.29) is 0 Å². The molecule has 0 fully saturated rings. The topological polar surface area (TPSA) is 24.9 Å². The second kappa shape index (κ2) is 15.2. The second-order valence-electron chi connectivity index (χ2n) is 6.05. The second-order valence-corrected chi connectivity index (χ2v) is 6.05. The molecule has 2 aromatic rings. The summed E-state index contributed by atoms with van der Waals surface area (Å²) in [7, 11) is 0. The molecule has 0 unspecified atom stereocenters. The third kappa shape index (κ3) is 9.41. The van der Waals surface area contributed by atoms with Crippen molar-refractivity contribution in [1.82, 2.24) is 10.3 Å². The lowest BCUT2D eigenvalue weighted by Gasteiger charge is -2.08. The van der Waals surface area contributed by atoms with Gasteiger partial charge in [-0.1, -0.05) is 77.8 Å². The van der Waals surface area contributed by atoms with Crippen molar-refractivity contribution in [1.29, 1.82) is 0 Å². The molecule has 1 N–H and O–H groups in total. The standard InChI is InChI=1S/C18H22N2.C4H10.C2H6/c1-4-10-19-15(3)12-18-14(2)11-17(13-20-18)16-8-6-5-7-9-16;1-3-4-2;1-2/h5-9,11-13,19H,4,10H2,1-3H3;3-4H2,1-2H3;1-2H3/b15-12-;;. The maximum atomic E-state index is 4.59. The average molecular weight is 355 g/mol. The molecule has 0 saturated carbocycles. The first-order valence-electron chi connectivity index (χ1n) is 10.1. The molecule has 1 aromatic carbocycles. The van der Waals surface area contributed by atoms with Crippen LogP contribution in [0.1, 0.15) is 72.1 Å². The lowest BCUT2D eigenvalue weighted by Crippen LogP contribution is -2.11. The van der Waals surface area contributed by atoms with E-state index in [1.807, 2.05) is 26.1 Å². The van der Waals surface area contributed by atoms with Crippen LogP contribution in [0.15, 0.2) is 48.3 Å². The molecule has 0 spiro atoms. The molecule has 0 aliphatic rings. The van der Waals surface area contributed by atoms with E-state index in [9.17, 15) is 0 Å². The molecule has 0 amide bonds. The number of nitrogens with one attached hydrogen (secondary N) is 1. The van der Waals surface area contributed by atoms with Crippen molar-refractivity contribution >= 4 is 6.08 Å². The van der Waals surface area contributed by atoms with Gasteiger partial charge in [0.2, 0.25) is 0 Å². The van der Waals surface area contributed by atoms with Gasteiger partial charge in [0.05, 0.1) is 5.69 Å². The highest BCUT2D eigenvalue weighted by Gasteiger charge is 2.02. The number of pyridine rings is 1. The Bertz CT molecular complexity index is 613. The van der Waals surface area contributed by atoms with Crippen LogP contribution in [-0.4, -0.2) is 11.5 Å². The van der Waals surface area contributed by atoms with Gasteiger partial charge in [0, 0.05) is 24.0 Å². The van der Waals surface area contributed by atoms with Crippen LogP contribution < -0.4 is 5.32 Å². The molecule has 144 valence electrons. The van der Waals surface area contributed by atoms with Gasteiger partial charge in [-0.3, -0.25) is 4.98 Å². The van der Waals surface area contributed by atoms with E-state index in [0.717, 1.165) is 24.4 Å². The van der Waals surface area contributed by atoms with Gasteiger partial charge in [-0.2, -0.15) is 0 Å². The molecule has 0 bridgehead atoms. The quantitative estimate of drug-likeness (QED) is 0.591. The Morgan fingerprint density at radius 2 is 1.58 bits per heavy atom. The van der Waals surface area contributed by atoms with Crippen LogP contribution in [-0.2, 0) is 0 Å². The highest BCUT2D eigenvalue weighted by molar-refractivity contribution is 5.65. The summed E-state index contributed by atoms with van der Waals surface area (Å²) in [6.45, 7) is 15.7. The highest BCUT2D eigenvalue weighted by atomic mass is 14.9. The van der Waals surface area contributed by atoms with E-state index in [2.05, 4.69) is 81.3 Å². The number of rotatable bonds is 6. The number of allylic oxidation sites excluding steroid dienone is 1. The van der Waals surface area contributed by atoms with Crippen molar-refractivity contribution in [3.05, 3.63) is 59.5 Å². The first-order valence-corrected chi connectivity index (χ1v) is 10.1. The predicted octanol–water partition coefficient (Wildman–Crippen LogP) is 7.25. The van der Waals surface area contributed by atoms with E-state index >= 15 is 0 Å². The summed E-state index contributed by atoms with van der Waals surface area (Å²) in [5.41, 5.74) is 5.77. The summed E-state index contributed by atoms with van der Waals surface area (Å²) < 4.78 is 0. The van der Waals surface area contributed by atoms with Crippen LogP contribution >= 0.6 is 0 Å². The van der Waals surface area contributed by atoms with Crippen molar-refractivity contribution in [3.8, 4) is 11.1 Å². The zero-order valence-electron chi connectivity index (χ0n) is 17.9. The lowest BCUT2D eigenvalue weighted by molar-refractivity contribution is 0.773. The van der Waals surface area contributed by atoms with E-state index in [0.29, 0.717) is 0 Å². The molecule has 0 saturated heterocycles. The SMILES string of the molecule is CC.CCCC.CCCN/C(C)=C\c1ncc(-c2ccccc2)cc1C. The minimum Gasteiger partial charge on any atom is -0.389 e. The maximum absolute atomic E-state index is 4.59. The largest absolute Gasteiger partial charge is 0.389 e. The molecular weight excluding hydrogens is 316 g/mol. The van der Waals surface area contributed by atoms with Crippen LogP contribution in [0.2, 0.25) is 0 Å². The molecule has 2 heteroatoms. The maximum Gasteiger partial charge on any atom is 0.0676 e. The smallest absolute Gasteiger partial charge is 0.0676 e. The minimum atomic E-state index is 1.00. The van der Waals surface area contributed by atoms with Gasteiger partial charge in [0.15, 0.2) is 0 Å². The van der Waals surface area contributed by atoms with Gasteiger partial charge in [-0.15, -0.1) is 0 Å². The summed E-state index contributed by atoms with van der Waals surface area (Å²) in [6, 6.07) is 12.6. The van der Waals surface area contributed by atoms with Crippen LogP contribution in [0.5, 0.6) is 0 Å². The highest BCUT2D eigenvalue weighted by Crippen LogP contribution is 2.21. The van der Waals surface area contributed by atoms with Gasteiger partial charge >= 0.3 is 0 Å². The Hall–Kier alpha value is -2.09. The molecule has 1 aromatic heterocycles. The van der Waals surface area contributed by atoms with Gasteiger partial charge in [0.25, 0.3) is 0 Å². The first kappa shape index (κ1) is 23.9. The number of aryl methyl sites for hydroxylation is 1. The van der Waals surface area contributed by atoms with Crippen LogP contribution in [0.25, 0.3) is 17.2 Å². The number of hydrogen-bond donors (Lipinski definition) is 1. The van der Waals surface area contributed by atoms with Gasteiger partial charge in [0.1, 0.15) is 0 Å². The number of nitrogens with zero attached hydrogens (tertiary/aromatic N) is 1. The third-order valence-corrected chi connectivity index (χ3v) is 3.73. The average Bonchev–Trinajstić information content (AvgIpc) is 2.70. The summed E-state index contributed by atoms with van der Waals surface area (Å²) in [6.07, 6.45) is 7.82. The third-order valence-electron chi connectivity index (χ3n) is 3.73. The zero-order valence-corrected chi connectivity index (χ0v) is 17.9. The minimum absolute atomic E-state index is 1.00. The molecular formula is C24H38N2. The van der Waals surface area contributed by atoms with Gasteiger partial charge in [-0.05, 0) is 43.5 Å². The van der Waals surface area contributed by atoms with E-state index in [1.54, 1.807) is 0 Å². The van der Waals surface area contributed by atoms with Crippen molar-refractivity contribution in [2.45, 2.75) is 67.7 Å². The predicted molar refractivity (Wildman–Crippen MR) is 118 cm³/mol. The summed E-state index contributed by atoms with van der Waals surface area (Å²) in [5, 5.41) is 3.38. The van der Waals surface area contributed by atoms with Crippen LogP contribution in [0.3, 0.4) is 0 Å². The lowest BCUT2D eigenvalue weighted by atomic mass is 10.0. The van der Waals surface area contributed by atoms with Crippen LogP contribution in [0.4, 0.5) is 0 Å². The summed E-state index contributed by atoms with van der Waals surface area (Å²) in [5.74, 6) is 0. The number of benzene rings is 1. The fraction of sp³-hybridized carbons (Fsp3) is 0.458. The molecule has 2 nitrogen and oxygen atoms in total. The summed E-state index contributed by atoms with van der Waals surface area (Å²) >= 11 is 0. The van der Waals surface area contributed by atoms with E-state index in [1.165, 1.54) is 29.5 Å². The van der Waals surface area contributed by atoms with Gasteiger partial charge in [-0.25, -0.2) is 0 Å². The van der Waals surface area contributed by atoms with Crippen molar-refractivity contribution < 1.29 is 0 Å². The van der Waals surface area contributed by atoms with Crippen LogP contribution in [0, 0.1) is 6.92 Å². The first-order chi connectivity index (χ1) is 12.6. The monoisotopic (exact) mass is 354 g/mol. The zero-order chi connectivity index (χ0) is 19.8. The normalized spacial score (nSPS) is 10.2. The fourth-order valence-electron chi connectivity index (χ4n) is 2.10. The summed E-state index contributed by atoms with van der Waals surface area (Å²) in [4.78, 5) is 4.59. The Morgan fingerprint density at radius 1 is 0.962 bits per heavy atom. The molecule has 0 aliphatic carbocycles. The van der Waals surface area contributed by atoms with Crippen molar-refractivity contribution in [3.63, 3.8) is 0 Å². The molecule has 2 rings (SSSR count). The number of unbranched alkanes of at least 4 members (excludes halogenated alkanes) is 1. The molecule has 0 radical (unpaired) electrons. The van der Waals surface area contributed by atoms with E-state index < -0.39 is 0 Å². The molecule has 0 aliphatic heterocycles. The Kier molecular flexibility index (Phi) is 14.0. The Balaban J connectivity index is 0.000000920. The fourth-order valence-corrected chi connectivity index (χ4v) is 2.10. The number of hydrogen-bond acceptors (Lipinski definition) is 2. The van der Waals surface area contributed by atoms with E-state index in [4.69, 9.17) is 0 Å². The Labute approximate surface area is 161 Å². The molecule has 1 heterocycles. The van der Waals surface area contributed by atoms with Crippen molar-refractivity contribution in [2.75, 3.05) is 6.54 Å².